The Bertz CT molecular complexity index is 384. The van der Waals surface area contributed by atoms with Gasteiger partial charge in [-0.05, 0) is 32.4 Å². The van der Waals surface area contributed by atoms with E-state index in [9.17, 15) is 4.79 Å². The van der Waals surface area contributed by atoms with Crippen LogP contribution in [0.15, 0.2) is 30.3 Å². The number of nitrogens with zero attached hydrogens (tertiary/aromatic N) is 1. The van der Waals surface area contributed by atoms with E-state index < -0.39 is 6.10 Å². The number of benzene rings is 1. The van der Waals surface area contributed by atoms with Crippen LogP contribution in [0.4, 0.5) is 0 Å². The molecule has 1 atom stereocenters. The minimum atomic E-state index is -0.424. The third-order valence-corrected chi connectivity index (χ3v) is 2.10. The number of ether oxygens (including phenoxy) is 2. The molecule has 0 aliphatic rings. The molecule has 0 heterocycles. The molecule has 0 aliphatic heterocycles. The second kappa shape index (κ2) is 11.2. The van der Waals surface area contributed by atoms with Crippen LogP contribution in [0.3, 0.4) is 0 Å². The van der Waals surface area contributed by atoms with Gasteiger partial charge in [-0.2, -0.15) is 5.26 Å². The maximum absolute atomic E-state index is 10.9. The molecule has 0 aliphatic carbocycles. The molecule has 0 saturated carbocycles. The lowest BCUT2D eigenvalue weighted by molar-refractivity contribution is -0.155. The van der Waals surface area contributed by atoms with Gasteiger partial charge in [-0.3, -0.25) is 0 Å². The number of carbonyl (C=O) groups excluding carboxylic acids is 1. The molecule has 1 aromatic carbocycles. The normalized spacial score (nSPS) is 10.6. The number of rotatable bonds is 5. The van der Waals surface area contributed by atoms with Gasteiger partial charge >= 0.3 is 5.97 Å². The van der Waals surface area contributed by atoms with Crippen molar-refractivity contribution in [1.29, 1.82) is 5.26 Å². The Labute approximate surface area is 115 Å². The number of hydrogen-bond acceptors (Lipinski definition) is 4. The predicted octanol–water partition coefficient (Wildman–Crippen LogP) is 2.92. The van der Waals surface area contributed by atoms with Crippen LogP contribution in [0.5, 0.6) is 0 Å². The Morgan fingerprint density at radius 2 is 1.95 bits per heavy atom. The third-order valence-electron chi connectivity index (χ3n) is 2.10. The summed E-state index contributed by atoms with van der Waals surface area (Å²) in [5.41, 5.74) is 0.715. The number of hydrogen-bond donors (Lipinski definition) is 0. The van der Waals surface area contributed by atoms with Gasteiger partial charge in [-0.15, -0.1) is 0 Å². The standard InChI is InChI=1S/C8H16O3.C7H5N/c1-4-6-11-8(9)7(3)10-5-2;8-6-7-4-2-1-3-5-7/h7H,4-6H2,1-3H3;1-5H. The van der Waals surface area contributed by atoms with Crippen molar-refractivity contribution in [3.63, 3.8) is 0 Å². The maximum Gasteiger partial charge on any atom is 0.334 e. The Morgan fingerprint density at radius 1 is 1.32 bits per heavy atom. The molecule has 0 amide bonds. The van der Waals surface area contributed by atoms with Crippen LogP contribution in [0.1, 0.15) is 32.8 Å². The summed E-state index contributed by atoms with van der Waals surface area (Å²) >= 11 is 0. The largest absolute Gasteiger partial charge is 0.464 e. The molecule has 0 radical (unpaired) electrons. The van der Waals surface area contributed by atoms with Crippen LogP contribution < -0.4 is 0 Å². The minimum absolute atomic E-state index is 0.270. The van der Waals surface area contributed by atoms with Crippen molar-refractivity contribution in [2.24, 2.45) is 0 Å². The second-order valence-corrected chi connectivity index (χ2v) is 3.74. The highest BCUT2D eigenvalue weighted by atomic mass is 16.6. The average Bonchev–Trinajstić information content (AvgIpc) is 2.46. The Hall–Kier alpha value is -1.86. The van der Waals surface area contributed by atoms with Crippen LogP contribution >= 0.6 is 0 Å². The molecular formula is C15H21NO3. The highest BCUT2D eigenvalue weighted by Gasteiger charge is 2.12. The topological polar surface area (TPSA) is 59.3 Å². The van der Waals surface area contributed by atoms with Gasteiger partial charge in [0.2, 0.25) is 0 Å². The molecule has 1 unspecified atom stereocenters. The summed E-state index contributed by atoms with van der Waals surface area (Å²) in [5.74, 6) is -0.270. The minimum Gasteiger partial charge on any atom is -0.464 e. The van der Waals surface area contributed by atoms with Gasteiger partial charge in [0.15, 0.2) is 6.10 Å². The zero-order valence-electron chi connectivity index (χ0n) is 11.8. The van der Waals surface area contributed by atoms with Gasteiger partial charge < -0.3 is 9.47 Å². The second-order valence-electron chi connectivity index (χ2n) is 3.74. The lowest BCUT2D eigenvalue weighted by Crippen LogP contribution is -2.23. The lowest BCUT2D eigenvalue weighted by atomic mass is 10.2. The maximum atomic E-state index is 10.9. The zero-order chi connectivity index (χ0) is 14.5. The first-order chi connectivity index (χ1) is 9.15. The summed E-state index contributed by atoms with van der Waals surface area (Å²) in [5, 5.41) is 8.29. The summed E-state index contributed by atoms with van der Waals surface area (Å²) in [7, 11) is 0. The fourth-order valence-corrected chi connectivity index (χ4v) is 1.15. The molecular weight excluding hydrogens is 242 g/mol. The van der Waals surface area contributed by atoms with Gasteiger partial charge in [0, 0.05) is 6.61 Å². The first kappa shape index (κ1) is 17.1. The highest BCUT2D eigenvalue weighted by molar-refractivity contribution is 5.74. The van der Waals surface area contributed by atoms with E-state index in [1.54, 1.807) is 19.1 Å². The van der Waals surface area contributed by atoms with Crippen molar-refractivity contribution in [2.75, 3.05) is 13.2 Å². The van der Waals surface area contributed by atoms with Gasteiger partial charge in [-0.1, -0.05) is 25.1 Å². The third kappa shape index (κ3) is 8.81. The molecule has 19 heavy (non-hydrogen) atoms. The summed E-state index contributed by atoms with van der Waals surface area (Å²) in [6.45, 7) is 6.53. The summed E-state index contributed by atoms with van der Waals surface area (Å²) in [6, 6.07) is 11.2. The number of esters is 1. The van der Waals surface area contributed by atoms with Gasteiger partial charge in [0.1, 0.15) is 0 Å². The van der Waals surface area contributed by atoms with Crippen molar-refractivity contribution in [3.05, 3.63) is 35.9 Å². The quantitative estimate of drug-likeness (QED) is 0.766. The molecule has 0 bridgehead atoms. The van der Waals surface area contributed by atoms with Gasteiger partial charge in [0.05, 0.1) is 18.2 Å². The van der Waals surface area contributed by atoms with E-state index in [1.807, 2.05) is 38.1 Å². The fraction of sp³-hybridized carbons (Fsp3) is 0.467. The van der Waals surface area contributed by atoms with Gasteiger partial charge in [0.25, 0.3) is 0 Å². The Morgan fingerprint density at radius 3 is 2.37 bits per heavy atom. The molecule has 1 rings (SSSR count). The summed E-state index contributed by atoms with van der Waals surface area (Å²) in [6.07, 6.45) is 0.427. The van der Waals surface area contributed by atoms with Crippen LogP contribution in [0, 0.1) is 11.3 Å². The van der Waals surface area contributed by atoms with E-state index in [4.69, 9.17) is 14.7 Å². The Kier molecular flexibility index (Phi) is 10.1. The van der Waals surface area contributed by atoms with Crippen molar-refractivity contribution in [1.82, 2.24) is 0 Å². The van der Waals surface area contributed by atoms with E-state index in [0.29, 0.717) is 18.8 Å². The Balaban J connectivity index is 0.000000356. The lowest BCUT2D eigenvalue weighted by Gasteiger charge is -2.09. The molecule has 0 aromatic heterocycles. The van der Waals surface area contributed by atoms with E-state index in [0.717, 1.165) is 6.42 Å². The summed E-state index contributed by atoms with van der Waals surface area (Å²) < 4.78 is 9.87. The van der Waals surface area contributed by atoms with E-state index in [2.05, 4.69) is 0 Å². The highest BCUT2D eigenvalue weighted by Crippen LogP contribution is 1.94. The monoisotopic (exact) mass is 263 g/mol. The van der Waals surface area contributed by atoms with Crippen LogP contribution in [-0.2, 0) is 14.3 Å². The first-order valence-corrected chi connectivity index (χ1v) is 6.39. The van der Waals surface area contributed by atoms with Crippen molar-refractivity contribution in [2.45, 2.75) is 33.3 Å². The van der Waals surface area contributed by atoms with E-state index in [1.165, 1.54) is 0 Å². The molecule has 0 N–H and O–H groups in total. The molecule has 4 nitrogen and oxygen atoms in total. The molecule has 0 spiro atoms. The van der Waals surface area contributed by atoms with Crippen molar-refractivity contribution in [3.8, 4) is 6.07 Å². The SMILES string of the molecule is CCCOC(=O)C(C)OCC.N#Cc1ccccc1. The fourth-order valence-electron chi connectivity index (χ4n) is 1.15. The predicted molar refractivity (Wildman–Crippen MR) is 73.5 cm³/mol. The molecule has 0 saturated heterocycles. The molecule has 0 fully saturated rings. The molecule has 4 heteroatoms. The van der Waals surface area contributed by atoms with Crippen molar-refractivity contribution >= 4 is 5.97 Å². The smallest absolute Gasteiger partial charge is 0.334 e. The molecule has 1 aromatic rings. The van der Waals surface area contributed by atoms with E-state index in [-0.39, 0.29) is 5.97 Å². The summed E-state index contributed by atoms with van der Waals surface area (Å²) in [4.78, 5) is 10.9. The average molecular weight is 263 g/mol. The molecule has 104 valence electrons. The van der Waals surface area contributed by atoms with Crippen LogP contribution in [0.2, 0.25) is 0 Å². The van der Waals surface area contributed by atoms with Crippen LogP contribution in [-0.4, -0.2) is 25.3 Å². The van der Waals surface area contributed by atoms with E-state index >= 15 is 0 Å². The number of nitriles is 1. The van der Waals surface area contributed by atoms with Gasteiger partial charge in [-0.25, -0.2) is 4.79 Å². The number of carbonyl (C=O) groups is 1. The first-order valence-electron chi connectivity index (χ1n) is 6.39. The van der Waals surface area contributed by atoms with Crippen LogP contribution in [0.25, 0.3) is 0 Å². The zero-order valence-corrected chi connectivity index (χ0v) is 11.8. The van der Waals surface area contributed by atoms with Crippen molar-refractivity contribution < 1.29 is 14.3 Å².